The number of dihydropyridines is 1. The quantitative estimate of drug-likeness (QED) is 0.157. The molecule has 7 nitrogen and oxygen atoms in total. The van der Waals surface area contributed by atoms with E-state index in [2.05, 4.69) is 34.5 Å². The fraction of sp³-hybridized carbons (Fsp3) is 0.351. The maximum absolute atomic E-state index is 13.8. The molecule has 0 aliphatic carbocycles. The Labute approximate surface area is 270 Å². The van der Waals surface area contributed by atoms with E-state index in [4.69, 9.17) is 21.1 Å². The number of carboxylic acids is 1. The Morgan fingerprint density at radius 1 is 0.911 bits per heavy atom. The monoisotopic (exact) mass is 628 g/mol. The number of nitrogens with one attached hydrogen (secondary N) is 1. The van der Waals surface area contributed by atoms with E-state index in [-0.39, 0.29) is 30.3 Å². The number of allylic oxidation sites excluding steroid dienone is 1. The maximum Gasteiger partial charge on any atom is 0.336 e. The van der Waals surface area contributed by atoms with E-state index in [0.29, 0.717) is 35.0 Å². The van der Waals surface area contributed by atoms with Gasteiger partial charge in [0, 0.05) is 23.2 Å². The number of nitrogens with zero attached hydrogens (tertiary/aromatic N) is 1. The Morgan fingerprint density at radius 3 is 2.20 bits per heavy atom. The van der Waals surface area contributed by atoms with E-state index in [1.54, 1.807) is 31.2 Å². The SMILES string of the molecule is CC1=C(C(=O)OCCC(c2ccccc2)c2ccccc2)C(c2cccc(Cl)c2)C(C(=O)O)=C(COCCN2CCCCC2)N1. The molecule has 2 aliphatic heterocycles. The molecule has 2 N–H and O–H groups in total. The van der Waals surface area contributed by atoms with E-state index in [1.807, 2.05) is 36.4 Å². The highest BCUT2D eigenvalue weighted by Crippen LogP contribution is 2.40. The van der Waals surface area contributed by atoms with Gasteiger partial charge in [-0.25, -0.2) is 9.59 Å². The van der Waals surface area contributed by atoms with Crippen LogP contribution in [0.3, 0.4) is 0 Å². The van der Waals surface area contributed by atoms with E-state index in [9.17, 15) is 14.7 Å². The highest BCUT2D eigenvalue weighted by Gasteiger charge is 2.38. The molecule has 1 fully saturated rings. The molecule has 0 bridgehead atoms. The molecule has 0 aromatic heterocycles. The van der Waals surface area contributed by atoms with Crippen molar-refractivity contribution in [2.24, 2.45) is 0 Å². The first-order valence-corrected chi connectivity index (χ1v) is 16.1. The lowest BCUT2D eigenvalue weighted by Gasteiger charge is -2.31. The fourth-order valence-corrected chi connectivity index (χ4v) is 6.55. The van der Waals surface area contributed by atoms with Crippen LogP contribution >= 0.6 is 11.6 Å². The largest absolute Gasteiger partial charge is 0.478 e. The first kappa shape index (κ1) is 32.5. The van der Waals surface area contributed by atoms with Crippen LogP contribution in [0.25, 0.3) is 0 Å². The summed E-state index contributed by atoms with van der Waals surface area (Å²) in [5, 5.41) is 14.1. The lowest BCUT2D eigenvalue weighted by molar-refractivity contribution is -0.139. The number of carbonyl (C=O) groups is 2. The Morgan fingerprint density at radius 2 is 1.58 bits per heavy atom. The third kappa shape index (κ3) is 8.42. The molecule has 1 unspecified atom stereocenters. The van der Waals surface area contributed by atoms with E-state index < -0.39 is 17.9 Å². The third-order valence-electron chi connectivity index (χ3n) is 8.57. The summed E-state index contributed by atoms with van der Waals surface area (Å²) in [6.07, 6.45) is 4.22. The van der Waals surface area contributed by atoms with Crippen molar-refractivity contribution in [3.8, 4) is 0 Å². The predicted octanol–water partition coefficient (Wildman–Crippen LogP) is 6.91. The van der Waals surface area contributed by atoms with Crippen LogP contribution in [0, 0.1) is 0 Å². The van der Waals surface area contributed by atoms with Gasteiger partial charge in [-0.3, -0.25) is 0 Å². The van der Waals surface area contributed by atoms with Gasteiger partial charge in [-0.2, -0.15) is 0 Å². The number of hydrogen-bond donors (Lipinski definition) is 2. The molecular weight excluding hydrogens is 588 g/mol. The van der Waals surface area contributed by atoms with Gasteiger partial charge >= 0.3 is 11.9 Å². The molecule has 1 atom stereocenters. The van der Waals surface area contributed by atoms with Crippen LogP contribution < -0.4 is 5.32 Å². The second kappa shape index (κ2) is 15.9. The van der Waals surface area contributed by atoms with Crippen molar-refractivity contribution >= 4 is 23.5 Å². The van der Waals surface area contributed by atoms with Gasteiger partial charge in [0.25, 0.3) is 0 Å². The van der Waals surface area contributed by atoms with Crippen molar-refractivity contribution in [2.45, 2.75) is 44.4 Å². The minimum absolute atomic E-state index is 0.0339. The molecule has 2 aliphatic rings. The van der Waals surface area contributed by atoms with Gasteiger partial charge in [0.2, 0.25) is 0 Å². The van der Waals surface area contributed by atoms with Crippen molar-refractivity contribution in [1.29, 1.82) is 0 Å². The minimum atomic E-state index is -1.13. The average Bonchev–Trinajstić information content (AvgIpc) is 3.05. The van der Waals surface area contributed by atoms with Crippen LogP contribution in [0.4, 0.5) is 0 Å². The van der Waals surface area contributed by atoms with Crippen molar-refractivity contribution in [3.05, 3.63) is 129 Å². The van der Waals surface area contributed by atoms with Crippen LogP contribution in [0.2, 0.25) is 5.02 Å². The van der Waals surface area contributed by atoms with Gasteiger partial charge in [0.15, 0.2) is 0 Å². The number of aliphatic carboxylic acids is 1. The number of halogens is 1. The Balaban J connectivity index is 1.35. The number of carbonyl (C=O) groups excluding carboxylic acids is 1. The molecule has 1 saturated heterocycles. The molecule has 2 heterocycles. The molecule has 0 saturated carbocycles. The smallest absolute Gasteiger partial charge is 0.336 e. The Bertz CT molecular complexity index is 1480. The number of carboxylic acid groups (broad SMARTS) is 1. The molecule has 0 radical (unpaired) electrons. The molecule has 5 rings (SSSR count). The second-order valence-corrected chi connectivity index (χ2v) is 12.0. The molecule has 236 valence electrons. The Kier molecular flexibility index (Phi) is 11.5. The normalized spacial score (nSPS) is 17.4. The topological polar surface area (TPSA) is 88.1 Å². The summed E-state index contributed by atoms with van der Waals surface area (Å²) < 4.78 is 11.9. The maximum atomic E-state index is 13.8. The molecule has 45 heavy (non-hydrogen) atoms. The molecule has 3 aromatic carbocycles. The minimum Gasteiger partial charge on any atom is -0.478 e. The van der Waals surface area contributed by atoms with Crippen molar-refractivity contribution in [3.63, 3.8) is 0 Å². The summed E-state index contributed by atoms with van der Waals surface area (Å²) in [4.78, 5) is 29.0. The zero-order chi connectivity index (χ0) is 31.6. The number of rotatable bonds is 13. The first-order valence-electron chi connectivity index (χ1n) is 15.7. The van der Waals surface area contributed by atoms with Crippen molar-refractivity contribution in [1.82, 2.24) is 10.2 Å². The second-order valence-electron chi connectivity index (χ2n) is 11.6. The lowest BCUT2D eigenvalue weighted by atomic mass is 9.80. The van der Waals surface area contributed by atoms with Gasteiger partial charge in [-0.05, 0) is 68.1 Å². The third-order valence-corrected chi connectivity index (χ3v) is 8.80. The van der Waals surface area contributed by atoms with Crippen LogP contribution in [-0.2, 0) is 19.1 Å². The molecular formula is C37H41ClN2O5. The number of hydrogen-bond acceptors (Lipinski definition) is 6. The van der Waals surface area contributed by atoms with Gasteiger partial charge in [0.05, 0.1) is 42.6 Å². The molecule has 3 aromatic rings. The summed E-state index contributed by atoms with van der Waals surface area (Å²) >= 11 is 6.36. The van der Waals surface area contributed by atoms with Crippen LogP contribution in [0.5, 0.6) is 0 Å². The van der Waals surface area contributed by atoms with Crippen LogP contribution in [-0.4, -0.2) is 61.4 Å². The van der Waals surface area contributed by atoms with E-state index in [1.165, 1.54) is 19.3 Å². The summed E-state index contributed by atoms with van der Waals surface area (Å²) in [7, 11) is 0. The average molecular weight is 629 g/mol. The van der Waals surface area contributed by atoms with Gasteiger partial charge < -0.3 is 24.8 Å². The number of benzene rings is 3. The number of ether oxygens (including phenoxy) is 2. The summed E-state index contributed by atoms with van der Waals surface area (Å²) in [5.74, 6) is -2.54. The first-order chi connectivity index (χ1) is 21.9. The highest BCUT2D eigenvalue weighted by molar-refractivity contribution is 6.30. The Hall–Kier alpha value is -3.91. The summed E-state index contributed by atoms with van der Waals surface area (Å²) in [6, 6.07) is 27.3. The zero-order valence-electron chi connectivity index (χ0n) is 25.7. The zero-order valence-corrected chi connectivity index (χ0v) is 26.5. The van der Waals surface area contributed by atoms with Crippen LogP contribution in [0.15, 0.2) is 107 Å². The van der Waals surface area contributed by atoms with E-state index >= 15 is 0 Å². The molecule has 0 spiro atoms. The summed E-state index contributed by atoms with van der Waals surface area (Å²) in [5.41, 5.74) is 4.13. The number of likely N-dealkylation sites (tertiary alicyclic amines) is 1. The van der Waals surface area contributed by atoms with Crippen molar-refractivity contribution in [2.75, 3.05) is 39.5 Å². The van der Waals surface area contributed by atoms with Gasteiger partial charge in [0.1, 0.15) is 0 Å². The highest BCUT2D eigenvalue weighted by atomic mass is 35.5. The van der Waals surface area contributed by atoms with E-state index in [0.717, 1.165) is 30.8 Å². The standard InChI is InChI=1S/C37H41ClN2O5/c1-26-33(37(43)45-22-18-31(27-12-5-2-6-13-27)28-14-7-3-8-15-28)34(29-16-11-17-30(38)24-29)35(36(41)42)32(39-26)25-44-23-21-40-19-9-4-10-20-40/h2-3,5-8,11-17,24,31,34,39H,4,9-10,18-23,25H2,1H3,(H,41,42). The van der Waals surface area contributed by atoms with Crippen molar-refractivity contribution < 1.29 is 24.2 Å². The van der Waals surface area contributed by atoms with Gasteiger partial charge in [-0.15, -0.1) is 0 Å². The lowest BCUT2D eigenvalue weighted by Crippen LogP contribution is -2.35. The fourth-order valence-electron chi connectivity index (χ4n) is 6.35. The summed E-state index contributed by atoms with van der Waals surface area (Å²) in [6.45, 7) is 5.43. The van der Waals surface area contributed by atoms with Gasteiger partial charge in [-0.1, -0.05) is 90.8 Å². The number of piperidine rings is 1. The predicted molar refractivity (Wildman–Crippen MR) is 176 cm³/mol. The van der Waals surface area contributed by atoms with Crippen LogP contribution in [0.1, 0.15) is 61.1 Å². The number of esters is 1. The molecule has 8 heteroatoms. The molecule has 0 amide bonds.